The molecule has 1 N–H and O–H groups in total. The Kier molecular flexibility index (Phi) is 3.47. The van der Waals surface area contributed by atoms with Crippen LogP contribution in [-0.4, -0.2) is 19.7 Å². The van der Waals surface area contributed by atoms with Crippen LogP contribution in [0.4, 0.5) is 5.82 Å². The van der Waals surface area contributed by atoms with E-state index in [1.54, 1.807) is 0 Å². The molecular weight excluding hydrogens is 312 g/mol. The molecule has 0 spiro atoms. The topological polar surface area (TPSA) is 79.4 Å². The van der Waals surface area contributed by atoms with Crippen molar-refractivity contribution in [1.29, 1.82) is 5.26 Å². The Morgan fingerprint density at radius 2 is 2.00 bits per heavy atom. The Balaban J connectivity index is 1.41. The second-order valence-corrected chi connectivity index (χ2v) is 7.51. The van der Waals surface area contributed by atoms with Gasteiger partial charge in [0.15, 0.2) is 5.82 Å². The van der Waals surface area contributed by atoms with Gasteiger partial charge in [-0.15, -0.1) is 10.2 Å². The molecule has 2 fully saturated rings. The second-order valence-electron chi connectivity index (χ2n) is 7.51. The van der Waals surface area contributed by atoms with Crippen molar-refractivity contribution < 1.29 is 0 Å². The summed E-state index contributed by atoms with van der Waals surface area (Å²) >= 11 is 0. The molecule has 0 atom stereocenters. The van der Waals surface area contributed by atoms with Crippen molar-refractivity contribution in [2.45, 2.75) is 69.9 Å². The highest BCUT2D eigenvalue weighted by atomic mass is 15.3. The molecule has 2 aromatic rings. The lowest BCUT2D eigenvalue weighted by atomic mass is 9.95. The zero-order valence-electron chi connectivity index (χ0n) is 14.3. The lowest BCUT2D eigenvalue weighted by Gasteiger charge is -2.17. The number of fused-ring (bicyclic) bond motifs is 1. The number of nitrogens with one attached hydrogen (secondary N) is 1. The van der Waals surface area contributed by atoms with Gasteiger partial charge in [0.05, 0.1) is 12.1 Å². The fraction of sp³-hybridized carbons (Fsp3) is 0.579. The summed E-state index contributed by atoms with van der Waals surface area (Å²) in [5.41, 5.74) is 3.03. The molecule has 0 aromatic carbocycles. The smallest absolute Gasteiger partial charge is 0.152 e. The zero-order chi connectivity index (χ0) is 16.8. The van der Waals surface area contributed by atoms with Gasteiger partial charge in [0.1, 0.15) is 17.7 Å². The third kappa shape index (κ3) is 2.78. The fourth-order valence-electron chi connectivity index (χ4n) is 3.82. The van der Waals surface area contributed by atoms with Gasteiger partial charge in [-0.3, -0.25) is 0 Å². The normalized spacial score (nSPS) is 19.3. The first-order chi connectivity index (χ1) is 12.3. The first-order valence-electron chi connectivity index (χ1n) is 9.44. The molecule has 6 heteroatoms. The highest BCUT2D eigenvalue weighted by molar-refractivity contribution is 5.54. The molecule has 25 heavy (non-hydrogen) atoms. The zero-order valence-corrected chi connectivity index (χ0v) is 14.3. The van der Waals surface area contributed by atoms with Crippen LogP contribution < -0.4 is 5.32 Å². The number of rotatable bonds is 5. The summed E-state index contributed by atoms with van der Waals surface area (Å²) in [6.07, 6.45) is 9.37. The van der Waals surface area contributed by atoms with Crippen LogP contribution >= 0.6 is 0 Å². The molecule has 0 amide bonds. The molecule has 0 aliphatic heterocycles. The van der Waals surface area contributed by atoms with Gasteiger partial charge in [-0.1, -0.05) is 0 Å². The van der Waals surface area contributed by atoms with Gasteiger partial charge in [-0.25, -0.2) is 4.98 Å². The first-order valence-corrected chi connectivity index (χ1v) is 9.44. The van der Waals surface area contributed by atoms with E-state index in [1.807, 2.05) is 6.07 Å². The van der Waals surface area contributed by atoms with Crippen LogP contribution in [0.1, 0.15) is 79.0 Å². The standard InChI is InChI=1S/C19H22N6/c20-10-14-9-13-3-1-2-4-16(13)22-18(14)21-11-17-23-24-19(12-5-6-12)25(17)15-7-8-15/h9,12,15H,1-8,11H2,(H,21,22). The number of anilines is 1. The van der Waals surface area contributed by atoms with Crippen LogP contribution in [-0.2, 0) is 19.4 Å². The summed E-state index contributed by atoms with van der Waals surface area (Å²) in [4.78, 5) is 4.75. The summed E-state index contributed by atoms with van der Waals surface area (Å²) in [6.45, 7) is 0.580. The monoisotopic (exact) mass is 334 g/mol. The maximum atomic E-state index is 9.49. The highest BCUT2D eigenvalue weighted by Crippen LogP contribution is 2.44. The van der Waals surface area contributed by atoms with Gasteiger partial charge in [-0.2, -0.15) is 5.26 Å². The van der Waals surface area contributed by atoms with Crippen LogP contribution in [0, 0.1) is 11.3 Å². The minimum atomic E-state index is 0.578. The van der Waals surface area contributed by atoms with E-state index in [9.17, 15) is 5.26 Å². The molecule has 3 aliphatic rings. The van der Waals surface area contributed by atoms with Crippen molar-refractivity contribution in [1.82, 2.24) is 19.7 Å². The van der Waals surface area contributed by atoms with Crippen molar-refractivity contribution in [3.8, 4) is 6.07 Å². The number of pyridine rings is 1. The fourth-order valence-corrected chi connectivity index (χ4v) is 3.82. The molecule has 0 unspecified atom stereocenters. The summed E-state index contributed by atoms with van der Waals surface area (Å²) in [5, 5.41) is 21.7. The summed E-state index contributed by atoms with van der Waals surface area (Å²) in [7, 11) is 0. The number of aromatic nitrogens is 4. The van der Waals surface area contributed by atoms with E-state index in [0.717, 1.165) is 24.4 Å². The Hall–Kier alpha value is -2.42. The number of aryl methyl sites for hydroxylation is 2. The van der Waals surface area contributed by atoms with Crippen molar-refractivity contribution in [2.75, 3.05) is 5.32 Å². The lowest BCUT2D eigenvalue weighted by Crippen LogP contribution is -2.13. The Labute approximate surface area is 147 Å². The van der Waals surface area contributed by atoms with Crippen LogP contribution in [0.15, 0.2) is 6.07 Å². The average Bonchev–Trinajstić information content (AvgIpc) is 3.57. The largest absolute Gasteiger partial charge is 0.362 e. The van der Waals surface area contributed by atoms with Gasteiger partial charge in [-0.05, 0) is 63.0 Å². The molecule has 5 rings (SSSR count). The molecule has 0 bridgehead atoms. The molecular formula is C19H22N6. The maximum Gasteiger partial charge on any atom is 0.152 e. The van der Waals surface area contributed by atoms with Crippen LogP contribution in [0.2, 0.25) is 0 Å². The van der Waals surface area contributed by atoms with E-state index in [4.69, 9.17) is 4.98 Å². The number of nitrogens with zero attached hydrogens (tertiary/aromatic N) is 5. The second kappa shape index (κ2) is 5.83. The third-order valence-electron chi connectivity index (χ3n) is 5.48. The molecule has 2 aromatic heterocycles. The molecule has 3 aliphatic carbocycles. The highest BCUT2D eigenvalue weighted by Gasteiger charge is 2.36. The Bertz CT molecular complexity index is 854. The van der Waals surface area contributed by atoms with Crippen molar-refractivity contribution in [3.05, 3.63) is 34.5 Å². The van der Waals surface area contributed by atoms with E-state index >= 15 is 0 Å². The van der Waals surface area contributed by atoms with Gasteiger partial charge in [0.25, 0.3) is 0 Å². The van der Waals surface area contributed by atoms with Crippen molar-refractivity contribution in [2.24, 2.45) is 0 Å². The summed E-state index contributed by atoms with van der Waals surface area (Å²) < 4.78 is 2.34. The number of nitriles is 1. The predicted octanol–water partition coefficient (Wildman–Crippen LogP) is 3.25. The lowest BCUT2D eigenvalue weighted by molar-refractivity contribution is 0.648. The number of hydrogen-bond acceptors (Lipinski definition) is 5. The Morgan fingerprint density at radius 3 is 2.76 bits per heavy atom. The van der Waals surface area contributed by atoms with Crippen LogP contribution in [0.25, 0.3) is 0 Å². The molecule has 0 saturated heterocycles. The van der Waals surface area contributed by atoms with Gasteiger partial charge < -0.3 is 9.88 Å². The minimum Gasteiger partial charge on any atom is -0.362 e. The Morgan fingerprint density at radius 1 is 1.16 bits per heavy atom. The van der Waals surface area contributed by atoms with E-state index in [1.165, 1.54) is 49.9 Å². The maximum absolute atomic E-state index is 9.49. The van der Waals surface area contributed by atoms with Crippen molar-refractivity contribution >= 4 is 5.82 Å². The van der Waals surface area contributed by atoms with E-state index < -0.39 is 0 Å². The summed E-state index contributed by atoms with van der Waals surface area (Å²) in [5.74, 6) is 3.45. The molecule has 2 heterocycles. The van der Waals surface area contributed by atoms with E-state index in [-0.39, 0.29) is 0 Å². The van der Waals surface area contributed by atoms with Gasteiger partial charge in [0, 0.05) is 17.7 Å². The molecule has 6 nitrogen and oxygen atoms in total. The average molecular weight is 334 g/mol. The minimum absolute atomic E-state index is 0.578. The third-order valence-corrected chi connectivity index (χ3v) is 5.48. The molecule has 2 saturated carbocycles. The SMILES string of the molecule is N#Cc1cc2c(nc1NCc1nnc(C3CC3)n1C1CC1)CCCC2. The number of hydrogen-bond donors (Lipinski definition) is 1. The van der Waals surface area contributed by atoms with Crippen molar-refractivity contribution in [3.63, 3.8) is 0 Å². The first kappa shape index (κ1) is 14.9. The van der Waals surface area contributed by atoms with E-state index in [0.29, 0.717) is 29.9 Å². The van der Waals surface area contributed by atoms with E-state index in [2.05, 4.69) is 26.2 Å². The summed E-state index contributed by atoms with van der Waals surface area (Å²) in [6, 6.07) is 4.89. The van der Waals surface area contributed by atoms with Crippen LogP contribution in [0.5, 0.6) is 0 Å². The molecule has 0 radical (unpaired) electrons. The van der Waals surface area contributed by atoms with Crippen LogP contribution in [0.3, 0.4) is 0 Å². The van der Waals surface area contributed by atoms with Gasteiger partial charge >= 0.3 is 0 Å². The van der Waals surface area contributed by atoms with Gasteiger partial charge in [0.2, 0.25) is 0 Å². The predicted molar refractivity (Wildman–Crippen MR) is 93.2 cm³/mol. The molecule has 128 valence electrons. The quantitative estimate of drug-likeness (QED) is 0.908.